The Morgan fingerprint density at radius 2 is 2.14 bits per heavy atom. The van der Waals surface area contributed by atoms with Crippen LogP contribution in [0, 0.1) is 12.7 Å². The smallest absolute Gasteiger partial charge is 0.141 e. The first-order valence-electron chi connectivity index (χ1n) is 7.00. The number of halogens is 1. The van der Waals surface area contributed by atoms with Gasteiger partial charge in [0.1, 0.15) is 11.6 Å². The van der Waals surface area contributed by atoms with Crippen molar-refractivity contribution in [3.05, 3.63) is 53.9 Å². The molecule has 4 nitrogen and oxygen atoms in total. The summed E-state index contributed by atoms with van der Waals surface area (Å²) in [6.07, 6.45) is 2.11. The summed E-state index contributed by atoms with van der Waals surface area (Å²) in [4.78, 5) is 11.8. The first-order chi connectivity index (χ1) is 10.2. The van der Waals surface area contributed by atoms with E-state index in [1.165, 1.54) is 12.3 Å². The molecule has 0 amide bonds. The molecule has 0 aliphatic carbocycles. The number of hydrogen-bond donors (Lipinski definition) is 2. The minimum absolute atomic E-state index is 0.0482. The number of hydrogen-bond acceptors (Lipinski definition) is 3. The summed E-state index contributed by atoms with van der Waals surface area (Å²) in [5.41, 5.74) is 3.77. The van der Waals surface area contributed by atoms with E-state index in [0.29, 0.717) is 0 Å². The SMILES string of the molecule is CCC(Nc1ccc2nc(C)[nH]c2c1)c1ccc(F)cn1. The molecular weight excluding hydrogens is 267 g/mol. The average Bonchev–Trinajstić information content (AvgIpc) is 2.85. The zero-order chi connectivity index (χ0) is 14.8. The van der Waals surface area contributed by atoms with Crippen LogP contribution in [0.15, 0.2) is 36.5 Å². The molecule has 0 aliphatic heterocycles. The molecule has 108 valence electrons. The normalized spacial score (nSPS) is 12.5. The molecule has 0 bridgehead atoms. The molecule has 3 rings (SSSR count). The van der Waals surface area contributed by atoms with Gasteiger partial charge in [-0.15, -0.1) is 0 Å². The number of aryl methyl sites for hydroxylation is 1. The van der Waals surface area contributed by atoms with E-state index in [-0.39, 0.29) is 11.9 Å². The monoisotopic (exact) mass is 284 g/mol. The van der Waals surface area contributed by atoms with Gasteiger partial charge in [0.2, 0.25) is 0 Å². The molecule has 0 spiro atoms. The van der Waals surface area contributed by atoms with Crippen LogP contribution < -0.4 is 5.32 Å². The Balaban J connectivity index is 1.86. The number of nitrogens with one attached hydrogen (secondary N) is 2. The van der Waals surface area contributed by atoms with Crippen molar-refractivity contribution in [2.45, 2.75) is 26.3 Å². The fourth-order valence-corrected chi connectivity index (χ4v) is 2.41. The Hall–Kier alpha value is -2.43. The third-order valence-corrected chi connectivity index (χ3v) is 3.46. The molecule has 1 unspecified atom stereocenters. The van der Waals surface area contributed by atoms with E-state index >= 15 is 0 Å². The third kappa shape index (κ3) is 2.86. The lowest BCUT2D eigenvalue weighted by molar-refractivity contribution is 0.614. The molecule has 3 aromatic rings. The highest BCUT2D eigenvalue weighted by Gasteiger charge is 2.11. The topological polar surface area (TPSA) is 53.6 Å². The number of anilines is 1. The molecule has 0 fully saturated rings. The van der Waals surface area contributed by atoms with Gasteiger partial charge in [-0.1, -0.05) is 6.92 Å². The van der Waals surface area contributed by atoms with Crippen LogP contribution in [0.5, 0.6) is 0 Å². The quantitative estimate of drug-likeness (QED) is 0.762. The van der Waals surface area contributed by atoms with Gasteiger partial charge >= 0.3 is 0 Å². The van der Waals surface area contributed by atoms with Crippen LogP contribution in [0.4, 0.5) is 10.1 Å². The Morgan fingerprint density at radius 1 is 1.29 bits per heavy atom. The van der Waals surface area contributed by atoms with Crippen LogP contribution >= 0.6 is 0 Å². The van der Waals surface area contributed by atoms with Crippen LogP contribution in [0.2, 0.25) is 0 Å². The lowest BCUT2D eigenvalue weighted by atomic mass is 10.1. The summed E-state index contributed by atoms with van der Waals surface area (Å²) in [6, 6.07) is 9.21. The van der Waals surface area contributed by atoms with Gasteiger partial charge in [-0.2, -0.15) is 0 Å². The highest BCUT2D eigenvalue weighted by Crippen LogP contribution is 2.23. The largest absolute Gasteiger partial charge is 0.377 e. The maximum atomic E-state index is 13.0. The molecule has 2 N–H and O–H groups in total. The zero-order valence-electron chi connectivity index (χ0n) is 12.0. The number of aromatic amines is 1. The van der Waals surface area contributed by atoms with Gasteiger partial charge < -0.3 is 10.3 Å². The van der Waals surface area contributed by atoms with E-state index < -0.39 is 0 Å². The highest BCUT2D eigenvalue weighted by atomic mass is 19.1. The van der Waals surface area contributed by atoms with Crippen molar-refractivity contribution in [2.24, 2.45) is 0 Å². The third-order valence-electron chi connectivity index (χ3n) is 3.46. The van der Waals surface area contributed by atoms with Crippen molar-refractivity contribution in [1.29, 1.82) is 0 Å². The number of H-pyrrole nitrogens is 1. The van der Waals surface area contributed by atoms with Crippen molar-refractivity contribution >= 4 is 16.7 Å². The molecule has 21 heavy (non-hydrogen) atoms. The molecule has 0 saturated carbocycles. The molecule has 0 aliphatic rings. The standard InChI is InChI=1S/C16H17FN4/c1-3-13(14-6-4-11(17)9-18-14)21-12-5-7-15-16(8-12)20-10(2)19-15/h4-9,13,21H,3H2,1-2H3,(H,19,20). The maximum Gasteiger partial charge on any atom is 0.141 e. The van der Waals surface area contributed by atoms with Gasteiger partial charge in [-0.25, -0.2) is 9.37 Å². The van der Waals surface area contributed by atoms with Crippen molar-refractivity contribution in [2.75, 3.05) is 5.32 Å². The lowest BCUT2D eigenvalue weighted by Crippen LogP contribution is -2.11. The number of rotatable bonds is 4. The van der Waals surface area contributed by atoms with Gasteiger partial charge in [0, 0.05) is 5.69 Å². The van der Waals surface area contributed by atoms with E-state index in [4.69, 9.17) is 0 Å². The van der Waals surface area contributed by atoms with Crippen LogP contribution in [0.25, 0.3) is 11.0 Å². The van der Waals surface area contributed by atoms with Gasteiger partial charge in [-0.05, 0) is 43.7 Å². The van der Waals surface area contributed by atoms with Crippen molar-refractivity contribution in [3.63, 3.8) is 0 Å². The second-order valence-corrected chi connectivity index (χ2v) is 5.06. The number of pyridine rings is 1. The van der Waals surface area contributed by atoms with Crippen molar-refractivity contribution in [3.8, 4) is 0 Å². The average molecular weight is 284 g/mol. The molecule has 5 heteroatoms. The van der Waals surface area contributed by atoms with E-state index in [1.54, 1.807) is 6.07 Å². The molecule has 0 saturated heterocycles. The Kier molecular flexibility index (Phi) is 3.56. The first kappa shape index (κ1) is 13.5. The Bertz CT molecular complexity index is 749. The molecular formula is C16H17FN4. The summed E-state index contributed by atoms with van der Waals surface area (Å²) in [7, 11) is 0. The first-order valence-corrected chi connectivity index (χ1v) is 7.00. The van der Waals surface area contributed by atoms with Gasteiger partial charge in [0.25, 0.3) is 0 Å². The van der Waals surface area contributed by atoms with Crippen LogP contribution in [0.1, 0.15) is 30.9 Å². The molecule has 1 aromatic carbocycles. The number of nitrogens with zero attached hydrogens (tertiary/aromatic N) is 2. The molecule has 2 aromatic heterocycles. The second kappa shape index (κ2) is 5.52. The number of fused-ring (bicyclic) bond motifs is 1. The fraction of sp³-hybridized carbons (Fsp3) is 0.250. The summed E-state index contributed by atoms with van der Waals surface area (Å²) >= 11 is 0. The van der Waals surface area contributed by atoms with Crippen LogP contribution in [-0.2, 0) is 0 Å². The summed E-state index contributed by atoms with van der Waals surface area (Å²) in [5, 5.41) is 3.43. The fourth-order valence-electron chi connectivity index (χ4n) is 2.41. The van der Waals surface area contributed by atoms with Gasteiger partial charge in [0.05, 0.1) is 29.0 Å². The second-order valence-electron chi connectivity index (χ2n) is 5.06. The van der Waals surface area contributed by atoms with Crippen molar-refractivity contribution in [1.82, 2.24) is 15.0 Å². The van der Waals surface area contributed by atoms with Crippen LogP contribution in [-0.4, -0.2) is 15.0 Å². The summed E-state index contributed by atoms with van der Waals surface area (Å²) in [5.74, 6) is 0.581. The molecule has 0 radical (unpaired) electrons. The van der Waals surface area contributed by atoms with Crippen molar-refractivity contribution < 1.29 is 4.39 Å². The minimum Gasteiger partial charge on any atom is -0.377 e. The number of benzene rings is 1. The van der Waals surface area contributed by atoms with E-state index in [2.05, 4.69) is 27.2 Å². The predicted molar refractivity (Wildman–Crippen MR) is 81.7 cm³/mol. The maximum absolute atomic E-state index is 13.0. The molecule has 2 heterocycles. The minimum atomic E-state index is -0.317. The summed E-state index contributed by atoms with van der Waals surface area (Å²) in [6.45, 7) is 4.01. The van der Waals surface area contributed by atoms with E-state index in [1.807, 2.05) is 25.1 Å². The lowest BCUT2D eigenvalue weighted by Gasteiger charge is -2.17. The van der Waals surface area contributed by atoms with E-state index in [9.17, 15) is 4.39 Å². The Morgan fingerprint density at radius 3 is 2.86 bits per heavy atom. The van der Waals surface area contributed by atoms with Gasteiger partial charge in [-0.3, -0.25) is 4.98 Å². The van der Waals surface area contributed by atoms with Crippen LogP contribution in [0.3, 0.4) is 0 Å². The highest BCUT2D eigenvalue weighted by molar-refractivity contribution is 5.79. The zero-order valence-corrected chi connectivity index (χ0v) is 12.0. The van der Waals surface area contributed by atoms with E-state index in [0.717, 1.165) is 34.7 Å². The van der Waals surface area contributed by atoms with Gasteiger partial charge in [0.15, 0.2) is 0 Å². The predicted octanol–water partition coefficient (Wildman–Crippen LogP) is 3.97. The Labute approximate surface area is 122 Å². The number of aromatic nitrogens is 3. The molecule has 1 atom stereocenters. The summed E-state index contributed by atoms with van der Waals surface area (Å²) < 4.78 is 13.0. The number of imidazole rings is 1.